The summed E-state index contributed by atoms with van der Waals surface area (Å²) in [5.41, 5.74) is 1.74. The summed E-state index contributed by atoms with van der Waals surface area (Å²) in [5.74, 6) is -0.00230. The molecule has 2 aromatic rings. The highest BCUT2D eigenvalue weighted by Gasteiger charge is 2.14. The van der Waals surface area contributed by atoms with Crippen LogP contribution in [0.1, 0.15) is 21.5 Å². The molecule has 1 heterocycles. The van der Waals surface area contributed by atoms with Crippen molar-refractivity contribution < 1.29 is 4.79 Å². The summed E-state index contributed by atoms with van der Waals surface area (Å²) in [4.78, 5) is 12.1. The van der Waals surface area contributed by atoms with E-state index >= 15 is 0 Å². The molecule has 1 amide bonds. The highest BCUT2D eigenvalue weighted by Crippen LogP contribution is 2.18. The predicted molar refractivity (Wildman–Crippen MR) is 74.8 cm³/mol. The number of hydrogen-bond donors (Lipinski definition) is 1. The van der Waals surface area contributed by atoms with E-state index in [0.717, 1.165) is 10.0 Å². The summed E-state index contributed by atoms with van der Waals surface area (Å²) in [6, 6.07) is 7.37. The molecule has 0 bridgehead atoms. The molecule has 0 aliphatic carbocycles. The van der Waals surface area contributed by atoms with Gasteiger partial charge in [0.05, 0.1) is 0 Å². The molecule has 0 atom stereocenters. The molecule has 0 saturated carbocycles. The molecule has 96 valence electrons. The molecule has 0 spiro atoms. The lowest BCUT2D eigenvalue weighted by Gasteiger charge is -2.06. The maximum Gasteiger partial charge on any atom is 0.257 e. The van der Waals surface area contributed by atoms with E-state index in [0.29, 0.717) is 11.1 Å². The number of halogens is 1. The van der Waals surface area contributed by atoms with Crippen LogP contribution in [0.4, 0.5) is 5.82 Å². The first-order valence-electron chi connectivity index (χ1n) is 5.52. The molecule has 6 heteroatoms. The Hall–Kier alpha value is -2.13. The molecule has 0 aliphatic rings. The number of nitriles is 1. The summed E-state index contributed by atoms with van der Waals surface area (Å²) in [6.07, 6.45) is 1.56. The maximum atomic E-state index is 12.1. The van der Waals surface area contributed by atoms with Crippen molar-refractivity contribution in [2.24, 2.45) is 7.05 Å². The van der Waals surface area contributed by atoms with Crippen molar-refractivity contribution in [3.63, 3.8) is 0 Å². The second-order valence-electron chi connectivity index (χ2n) is 4.09. The highest BCUT2D eigenvalue weighted by atomic mass is 79.9. The average molecular weight is 319 g/mol. The molecule has 0 fully saturated rings. The fourth-order valence-electron chi connectivity index (χ4n) is 1.72. The fraction of sp³-hybridized carbons (Fsp3) is 0.154. The molecule has 0 saturated heterocycles. The maximum absolute atomic E-state index is 12.1. The van der Waals surface area contributed by atoms with Gasteiger partial charge in [0.25, 0.3) is 5.91 Å². The van der Waals surface area contributed by atoms with Crippen LogP contribution < -0.4 is 5.32 Å². The number of nitrogens with one attached hydrogen (secondary N) is 1. The zero-order chi connectivity index (χ0) is 14.0. The second kappa shape index (κ2) is 5.24. The topological polar surface area (TPSA) is 70.7 Å². The van der Waals surface area contributed by atoms with Crippen LogP contribution in [-0.2, 0) is 7.05 Å². The summed E-state index contributed by atoms with van der Waals surface area (Å²) >= 11 is 3.35. The lowest BCUT2D eigenvalue weighted by Crippen LogP contribution is -2.14. The van der Waals surface area contributed by atoms with Gasteiger partial charge >= 0.3 is 0 Å². The zero-order valence-corrected chi connectivity index (χ0v) is 12.0. The van der Waals surface area contributed by atoms with E-state index in [-0.39, 0.29) is 11.7 Å². The third kappa shape index (κ3) is 2.83. The van der Waals surface area contributed by atoms with Gasteiger partial charge in [0.15, 0.2) is 5.82 Å². The Morgan fingerprint density at radius 3 is 2.89 bits per heavy atom. The van der Waals surface area contributed by atoms with Crippen molar-refractivity contribution in [1.29, 1.82) is 5.26 Å². The number of aromatic nitrogens is 2. The van der Waals surface area contributed by atoms with Crippen molar-refractivity contribution in [3.05, 3.63) is 45.6 Å². The van der Waals surface area contributed by atoms with E-state index in [9.17, 15) is 4.79 Å². The van der Waals surface area contributed by atoms with Crippen LogP contribution in [0.2, 0.25) is 0 Å². The summed E-state index contributed by atoms with van der Waals surface area (Å²) < 4.78 is 2.40. The lowest BCUT2D eigenvalue weighted by molar-refractivity contribution is 0.102. The Bertz CT molecular complexity index is 684. The third-order valence-corrected chi connectivity index (χ3v) is 3.11. The second-order valence-corrected chi connectivity index (χ2v) is 5.01. The number of amides is 1. The first kappa shape index (κ1) is 13.3. The molecule has 19 heavy (non-hydrogen) atoms. The SMILES string of the molecule is Cc1cc(Br)ccc1C(=O)Nc1nn(C)cc1C#N. The van der Waals surface area contributed by atoms with Gasteiger partial charge in [0, 0.05) is 23.3 Å². The van der Waals surface area contributed by atoms with Crippen LogP contribution in [0.25, 0.3) is 0 Å². The molecule has 0 radical (unpaired) electrons. The Morgan fingerprint density at radius 2 is 2.26 bits per heavy atom. The normalized spacial score (nSPS) is 10.0. The Labute approximate surface area is 119 Å². The number of hydrogen-bond acceptors (Lipinski definition) is 3. The van der Waals surface area contributed by atoms with Crippen molar-refractivity contribution in [2.75, 3.05) is 5.32 Å². The van der Waals surface area contributed by atoms with Gasteiger partial charge in [-0.1, -0.05) is 15.9 Å². The molecule has 0 aliphatic heterocycles. The molecular weight excluding hydrogens is 308 g/mol. The third-order valence-electron chi connectivity index (χ3n) is 2.61. The largest absolute Gasteiger partial charge is 0.304 e. The van der Waals surface area contributed by atoms with Crippen molar-refractivity contribution >= 4 is 27.7 Å². The van der Waals surface area contributed by atoms with Crippen LogP contribution in [0.15, 0.2) is 28.9 Å². The molecule has 1 aromatic carbocycles. The summed E-state index contributed by atoms with van der Waals surface area (Å²) in [5, 5.41) is 15.6. The average Bonchev–Trinajstić information content (AvgIpc) is 2.69. The van der Waals surface area contributed by atoms with Gasteiger partial charge in [-0.3, -0.25) is 9.48 Å². The van der Waals surface area contributed by atoms with Gasteiger partial charge in [-0.2, -0.15) is 10.4 Å². The summed E-state index contributed by atoms with van der Waals surface area (Å²) in [7, 11) is 1.70. The molecule has 1 N–H and O–H groups in total. The van der Waals surface area contributed by atoms with Gasteiger partial charge in [0.1, 0.15) is 11.6 Å². The first-order valence-corrected chi connectivity index (χ1v) is 6.32. The monoisotopic (exact) mass is 318 g/mol. The van der Waals surface area contributed by atoms with E-state index in [1.54, 1.807) is 25.4 Å². The minimum absolute atomic E-state index is 0.275. The molecular formula is C13H11BrN4O. The van der Waals surface area contributed by atoms with Crippen LogP contribution >= 0.6 is 15.9 Å². The van der Waals surface area contributed by atoms with Crippen molar-refractivity contribution in [1.82, 2.24) is 9.78 Å². The van der Waals surface area contributed by atoms with Gasteiger partial charge in [0.2, 0.25) is 0 Å². The van der Waals surface area contributed by atoms with Gasteiger partial charge < -0.3 is 5.32 Å². The molecule has 0 unspecified atom stereocenters. The van der Waals surface area contributed by atoms with Crippen LogP contribution in [0.5, 0.6) is 0 Å². The van der Waals surface area contributed by atoms with Gasteiger partial charge in [-0.15, -0.1) is 0 Å². The Balaban J connectivity index is 2.28. The van der Waals surface area contributed by atoms with Gasteiger partial charge in [-0.05, 0) is 30.7 Å². The van der Waals surface area contributed by atoms with Crippen LogP contribution in [0, 0.1) is 18.3 Å². The molecule has 1 aromatic heterocycles. The molecule has 5 nitrogen and oxygen atoms in total. The van der Waals surface area contributed by atoms with Crippen LogP contribution in [0.3, 0.4) is 0 Å². The minimum atomic E-state index is -0.278. The van der Waals surface area contributed by atoms with E-state index in [4.69, 9.17) is 5.26 Å². The summed E-state index contributed by atoms with van der Waals surface area (Å²) in [6.45, 7) is 1.85. The number of nitrogens with zero attached hydrogens (tertiary/aromatic N) is 3. The van der Waals surface area contributed by atoms with E-state index in [1.165, 1.54) is 4.68 Å². The standard InChI is InChI=1S/C13H11BrN4O/c1-8-5-10(14)3-4-11(8)13(19)16-12-9(6-15)7-18(2)17-12/h3-5,7H,1-2H3,(H,16,17,19). The number of rotatable bonds is 2. The number of anilines is 1. The van der Waals surface area contributed by atoms with E-state index in [1.807, 2.05) is 19.1 Å². The minimum Gasteiger partial charge on any atom is -0.304 e. The van der Waals surface area contributed by atoms with E-state index in [2.05, 4.69) is 26.3 Å². The predicted octanol–water partition coefficient (Wildman–Crippen LogP) is 2.62. The number of carbonyl (C=O) groups is 1. The zero-order valence-electron chi connectivity index (χ0n) is 10.4. The van der Waals surface area contributed by atoms with Gasteiger partial charge in [-0.25, -0.2) is 0 Å². The Morgan fingerprint density at radius 1 is 1.53 bits per heavy atom. The number of carbonyl (C=O) groups excluding carboxylic acids is 1. The smallest absolute Gasteiger partial charge is 0.257 e. The van der Waals surface area contributed by atoms with E-state index < -0.39 is 0 Å². The van der Waals surface area contributed by atoms with Crippen molar-refractivity contribution in [3.8, 4) is 6.07 Å². The quantitative estimate of drug-likeness (QED) is 0.925. The lowest BCUT2D eigenvalue weighted by atomic mass is 10.1. The Kier molecular flexibility index (Phi) is 3.67. The highest BCUT2D eigenvalue weighted by molar-refractivity contribution is 9.10. The molecule has 2 rings (SSSR count). The fourth-order valence-corrected chi connectivity index (χ4v) is 2.19. The number of benzene rings is 1. The van der Waals surface area contributed by atoms with Crippen molar-refractivity contribution in [2.45, 2.75) is 6.92 Å². The number of aryl methyl sites for hydroxylation is 2. The first-order chi connectivity index (χ1) is 9.01. The van der Waals surface area contributed by atoms with Crippen LogP contribution in [-0.4, -0.2) is 15.7 Å².